The Morgan fingerprint density at radius 1 is 1.14 bits per heavy atom. The molecule has 2 aromatic carbocycles. The van der Waals surface area contributed by atoms with Crippen molar-refractivity contribution in [3.05, 3.63) is 48.0 Å². The van der Waals surface area contributed by atoms with E-state index < -0.39 is 9.84 Å². The van der Waals surface area contributed by atoms with Crippen LogP contribution in [0.15, 0.2) is 42.5 Å². The van der Waals surface area contributed by atoms with Gasteiger partial charge in [0.1, 0.15) is 0 Å². The molecule has 0 saturated carbocycles. The van der Waals surface area contributed by atoms with Crippen LogP contribution >= 0.6 is 0 Å². The molecule has 1 saturated heterocycles. The van der Waals surface area contributed by atoms with Gasteiger partial charge in [-0.25, -0.2) is 8.42 Å². The fourth-order valence-electron chi connectivity index (χ4n) is 3.39. The quantitative estimate of drug-likeness (QED) is 0.849. The zero-order chi connectivity index (χ0) is 15.6. The molecule has 1 aliphatic rings. The van der Waals surface area contributed by atoms with E-state index in [-0.39, 0.29) is 6.04 Å². The maximum absolute atomic E-state index is 11.8. The topological polar surface area (TPSA) is 37.4 Å². The van der Waals surface area contributed by atoms with E-state index in [1.807, 2.05) is 0 Å². The summed E-state index contributed by atoms with van der Waals surface area (Å²) in [6.45, 7) is 3.93. The second kappa shape index (κ2) is 6.39. The molecule has 1 atom stereocenters. The van der Waals surface area contributed by atoms with Gasteiger partial charge in [-0.1, -0.05) is 49.4 Å². The third-order valence-electron chi connectivity index (χ3n) is 4.49. The van der Waals surface area contributed by atoms with Crippen molar-refractivity contribution in [1.82, 2.24) is 4.90 Å². The smallest absolute Gasteiger partial charge is 0.151 e. The maximum atomic E-state index is 11.8. The van der Waals surface area contributed by atoms with Crippen LogP contribution in [-0.4, -0.2) is 37.4 Å². The van der Waals surface area contributed by atoms with Gasteiger partial charge in [0, 0.05) is 12.6 Å². The van der Waals surface area contributed by atoms with E-state index in [1.54, 1.807) is 0 Å². The number of benzene rings is 2. The molecule has 4 heteroatoms. The summed E-state index contributed by atoms with van der Waals surface area (Å²) < 4.78 is 23.6. The van der Waals surface area contributed by atoms with Gasteiger partial charge in [0.05, 0.1) is 11.5 Å². The lowest BCUT2D eigenvalue weighted by Crippen LogP contribution is -2.36. The van der Waals surface area contributed by atoms with Gasteiger partial charge in [0.2, 0.25) is 0 Å². The van der Waals surface area contributed by atoms with Crippen molar-refractivity contribution < 1.29 is 8.42 Å². The van der Waals surface area contributed by atoms with E-state index in [9.17, 15) is 8.42 Å². The van der Waals surface area contributed by atoms with E-state index in [0.717, 1.165) is 25.9 Å². The zero-order valence-corrected chi connectivity index (χ0v) is 13.8. The number of rotatable bonds is 5. The SMILES string of the molecule is CCCN(Cc1cccc2ccccc12)[C@@H]1CCS(=O)(=O)C1. The van der Waals surface area contributed by atoms with E-state index in [4.69, 9.17) is 0 Å². The summed E-state index contributed by atoms with van der Waals surface area (Å²) in [4.78, 5) is 2.35. The lowest BCUT2D eigenvalue weighted by Gasteiger charge is -2.28. The molecule has 0 bridgehead atoms. The molecule has 0 aliphatic carbocycles. The standard InChI is InChI=1S/C18H23NO2S/c1-2-11-19(17-10-12-22(20,21)14-17)13-16-8-5-7-15-6-3-4-9-18(15)16/h3-9,17H,2,10-14H2,1H3/t17-/m1/s1. The summed E-state index contributed by atoms with van der Waals surface area (Å²) in [6, 6.07) is 15.0. The first kappa shape index (κ1) is 15.5. The Bertz CT molecular complexity index is 749. The largest absolute Gasteiger partial charge is 0.295 e. The van der Waals surface area contributed by atoms with Gasteiger partial charge in [0.25, 0.3) is 0 Å². The minimum absolute atomic E-state index is 0.170. The molecule has 3 rings (SSSR count). The fraction of sp³-hybridized carbons (Fsp3) is 0.444. The molecule has 0 N–H and O–H groups in total. The summed E-state index contributed by atoms with van der Waals surface area (Å²) in [5.41, 5.74) is 1.29. The van der Waals surface area contributed by atoms with Crippen LogP contribution in [0.25, 0.3) is 10.8 Å². The average molecular weight is 317 g/mol. The van der Waals surface area contributed by atoms with Crippen LogP contribution < -0.4 is 0 Å². The highest BCUT2D eigenvalue weighted by Gasteiger charge is 2.31. The van der Waals surface area contributed by atoms with Crippen molar-refractivity contribution in [2.24, 2.45) is 0 Å². The van der Waals surface area contributed by atoms with Crippen molar-refractivity contribution in [1.29, 1.82) is 0 Å². The molecule has 118 valence electrons. The predicted octanol–water partition coefficient (Wildman–Crippen LogP) is 3.24. The van der Waals surface area contributed by atoms with E-state index in [0.29, 0.717) is 11.5 Å². The molecule has 1 fully saturated rings. The Labute approximate surface area is 132 Å². The predicted molar refractivity (Wildman–Crippen MR) is 91.7 cm³/mol. The van der Waals surface area contributed by atoms with Crippen LogP contribution in [0.1, 0.15) is 25.3 Å². The molecule has 0 unspecified atom stereocenters. The Balaban J connectivity index is 1.87. The van der Waals surface area contributed by atoms with Gasteiger partial charge in [-0.05, 0) is 35.7 Å². The molecule has 3 nitrogen and oxygen atoms in total. The highest BCUT2D eigenvalue weighted by atomic mass is 32.2. The molecule has 22 heavy (non-hydrogen) atoms. The second-order valence-corrected chi connectivity index (χ2v) is 8.39. The van der Waals surface area contributed by atoms with E-state index >= 15 is 0 Å². The minimum atomic E-state index is -2.84. The van der Waals surface area contributed by atoms with Crippen molar-refractivity contribution in [3.63, 3.8) is 0 Å². The van der Waals surface area contributed by atoms with Crippen LogP contribution in [-0.2, 0) is 16.4 Å². The highest BCUT2D eigenvalue weighted by molar-refractivity contribution is 7.91. The van der Waals surface area contributed by atoms with Gasteiger partial charge >= 0.3 is 0 Å². The number of hydrogen-bond acceptors (Lipinski definition) is 3. The normalized spacial score (nSPS) is 20.7. The number of sulfone groups is 1. The number of nitrogens with zero attached hydrogens (tertiary/aromatic N) is 1. The van der Waals surface area contributed by atoms with Crippen LogP contribution in [0, 0.1) is 0 Å². The molecule has 0 spiro atoms. The Hall–Kier alpha value is -1.39. The summed E-state index contributed by atoms with van der Waals surface area (Å²) >= 11 is 0. The third-order valence-corrected chi connectivity index (χ3v) is 6.24. The van der Waals surface area contributed by atoms with Crippen LogP contribution in [0.5, 0.6) is 0 Å². The number of hydrogen-bond donors (Lipinski definition) is 0. The Kier molecular flexibility index (Phi) is 4.50. The van der Waals surface area contributed by atoms with Gasteiger partial charge in [-0.15, -0.1) is 0 Å². The monoisotopic (exact) mass is 317 g/mol. The average Bonchev–Trinajstić information content (AvgIpc) is 2.87. The van der Waals surface area contributed by atoms with E-state index in [1.165, 1.54) is 16.3 Å². The van der Waals surface area contributed by atoms with Crippen molar-refractivity contribution in [2.45, 2.75) is 32.4 Å². The molecule has 0 amide bonds. The van der Waals surface area contributed by atoms with Crippen molar-refractivity contribution in [2.75, 3.05) is 18.1 Å². The molecule has 2 aromatic rings. The van der Waals surface area contributed by atoms with Gasteiger partial charge in [-0.2, -0.15) is 0 Å². The first-order valence-electron chi connectivity index (χ1n) is 8.00. The van der Waals surface area contributed by atoms with Crippen LogP contribution in [0.2, 0.25) is 0 Å². The van der Waals surface area contributed by atoms with Gasteiger partial charge in [0.15, 0.2) is 9.84 Å². The molecule has 1 aliphatic heterocycles. The summed E-state index contributed by atoms with van der Waals surface area (Å²) in [7, 11) is -2.84. The first-order chi connectivity index (χ1) is 10.6. The summed E-state index contributed by atoms with van der Waals surface area (Å²) in [5, 5.41) is 2.52. The Morgan fingerprint density at radius 3 is 2.64 bits per heavy atom. The molecule has 0 aromatic heterocycles. The van der Waals surface area contributed by atoms with Crippen LogP contribution in [0.4, 0.5) is 0 Å². The van der Waals surface area contributed by atoms with E-state index in [2.05, 4.69) is 54.3 Å². The fourth-order valence-corrected chi connectivity index (χ4v) is 5.15. The molecule has 0 radical (unpaired) electrons. The number of fused-ring (bicyclic) bond motifs is 1. The second-order valence-electron chi connectivity index (χ2n) is 6.17. The zero-order valence-electron chi connectivity index (χ0n) is 13.0. The minimum Gasteiger partial charge on any atom is -0.295 e. The molecular formula is C18H23NO2S. The van der Waals surface area contributed by atoms with Gasteiger partial charge < -0.3 is 0 Å². The molecule has 1 heterocycles. The lowest BCUT2D eigenvalue weighted by atomic mass is 10.0. The van der Waals surface area contributed by atoms with Gasteiger partial charge in [-0.3, -0.25) is 4.90 Å². The lowest BCUT2D eigenvalue weighted by molar-refractivity contribution is 0.204. The summed E-state index contributed by atoms with van der Waals surface area (Å²) in [5.74, 6) is 0.658. The highest BCUT2D eigenvalue weighted by Crippen LogP contribution is 2.24. The Morgan fingerprint density at radius 2 is 1.91 bits per heavy atom. The first-order valence-corrected chi connectivity index (χ1v) is 9.82. The van der Waals surface area contributed by atoms with Crippen molar-refractivity contribution >= 4 is 20.6 Å². The summed E-state index contributed by atoms with van der Waals surface area (Å²) in [6.07, 6.45) is 1.81. The maximum Gasteiger partial charge on any atom is 0.151 e. The molecular weight excluding hydrogens is 294 g/mol. The third kappa shape index (κ3) is 3.33. The van der Waals surface area contributed by atoms with Crippen LogP contribution in [0.3, 0.4) is 0 Å². The van der Waals surface area contributed by atoms with Crippen molar-refractivity contribution in [3.8, 4) is 0 Å².